The Morgan fingerprint density at radius 1 is 0.963 bits per heavy atom. The van der Waals surface area contributed by atoms with Gasteiger partial charge in [-0.3, -0.25) is 4.79 Å². The molecule has 27 heavy (non-hydrogen) atoms. The van der Waals surface area contributed by atoms with Crippen LogP contribution < -0.4 is 0 Å². The summed E-state index contributed by atoms with van der Waals surface area (Å²) in [4.78, 5) is 24.0. The maximum absolute atomic E-state index is 12.8. The summed E-state index contributed by atoms with van der Waals surface area (Å²) < 4.78 is 11.5. The molecule has 0 N–H and O–H groups in total. The minimum absolute atomic E-state index is 0.0854. The van der Waals surface area contributed by atoms with E-state index in [-0.39, 0.29) is 24.6 Å². The van der Waals surface area contributed by atoms with Gasteiger partial charge in [0.05, 0.1) is 6.42 Å². The summed E-state index contributed by atoms with van der Waals surface area (Å²) in [5.41, 5.74) is -0.243. The summed E-state index contributed by atoms with van der Waals surface area (Å²) >= 11 is 0. The quantitative estimate of drug-likeness (QED) is 0.501. The zero-order valence-corrected chi connectivity index (χ0v) is 16.7. The van der Waals surface area contributed by atoms with E-state index in [2.05, 4.69) is 13.5 Å². The van der Waals surface area contributed by atoms with E-state index >= 15 is 0 Å². The van der Waals surface area contributed by atoms with Crippen molar-refractivity contribution < 1.29 is 19.1 Å². The van der Waals surface area contributed by atoms with Crippen LogP contribution in [0.4, 0.5) is 0 Å². The maximum Gasteiger partial charge on any atom is 0.330 e. The van der Waals surface area contributed by atoms with Crippen molar-refractivity contribution in [3.05, 3.63) is 12.7 Å². The number of hydrogen-bond acceptors (Lipinski definition) is 4. The molecule has 0 aromatic carbocycles. The molecule has 0 amide bonds. The normalized spacial score (nSPS) is 42.6. The first-order chi connectivity index (χ1) is 13.0. The molecule has 0 aromatic rings. The van der Waals surface area contributed by atoms with E-state index in [1.54, 1.807) is 0 Å². The van der Waals surface area contributed by atoms with Gasteiger partial charge in [-0.25, -0.2) is 4.79 Å². The van der Waals surface area contributed by atoms with Crippen molar-refractivity contribution in [1.29, 1.82) is 0 Å². The summed E-state index contributed by atoms with van der Waals surface area (Å²) in [5, 5.41) is 0. The Morgan fingerprint density at radius 2 is 1.56 bits per heavy atom. The Bertz CT molecular complexity index is 559. The molecule has 0 radical (unpaired) electrons. The number of ether oxygens (including phenoxy) is 2. The van der Waals surface area contributed by atoms with Gasteiger partial charge in [0.15, 0.2) is 0 Å². The van der Waals surface area contributed by atoms with Crippen molar-refractivity contribution >= 4 is 11.9 Å². The molecule has 4 bridgehead atoms. The molecule has 0 saturated heterocycles. The zero-order chi connectivity index (χ0) is 19.0. The lowest BCUT2D eigenvalue weighted by molar-refractivity contribution is -0.233. The summed E-state index contributed by atoms with van der Waals surface area (Å²) in [6, 6.07) is 0. The highest BCUT2D eigenvalue weighted by Crippen LogP contribution is 2.63. The van der Waals surface area contributed by atoms with E-state index in [4.69, 9.17) is 9.47 Å². The number of hydrogen-bond donors (Lipinski definition) is 0. The van der Waals surface area contributed by atoms with Crippen molar-refractivity contribution in [2.75, 3.05) is 6.61 Å². The van der Waals surface area contributed by atoms with Crippen LogP contribution in [-0.4, -0.2) is 24.1 Å². The molecule has 0 heterocycles. The van der Waals surface area contributed by atoms with E-state index < -0.39 is 5.97 Å². The third kappa shape index (κ3) is 3.56. The molecule has 5 rings (SSSR count). The van der Waals surface area contributed by atoms with Crippen molar-refractivity contribution in [3.8, 4) is 0 Å². The fraction of sp³-hybridized carbons (Fsp3) is 0.826. The summed E-state index contributed by atoms with van der Waals surface area (Å²) in [6.45, 7) is 5.82. The summed E-state index contributed by atoms with van der Waals surface area (Å²) in [6.07, 6.45) is 12.6. The maximum atomic E-state index is 12.8. The van der Waals surface area contributed by atoms with Gasteiger partial charge in [0.25, 0.3) is 0 Å². The standard InChI is InChI=1S/C23H34O4/c1-3-21(24)26-9-8-22(25)27-23(18-6-4-15(2)5-7-18)19-11-16-10-17(13-19)14-20(23)12-16/h3,15-20H,1,4-14H2,2H3. The van der Waals surface area contributed by atoms with Crippen LogP contribution in [0.2, 0.25) is 0 Å². The topological polar surface area (TPSA) is 52.6 Å². The second kappa shape index (κ2) is 7.60. The van der Waals surface area contributed by atoms with Gasteiger partial charge < -0.3 is 9.47 Å². The second-order valence-corrected chi connectivity index (χ2v) is 9.71. The molecule has 5 aliphatic rings. The van der Waals surface area contributed by atoms with E-state index in [0.29, 0.717) is 17.8 Å². The molecule has 4 heteroatoms. The minimum Gasteiger partial charge on any atom is -0.462 e. The number of rotatable bonds is 6. The van der Waals surface area contributed by atoms with E-state index in [9.17, 15) is 9.59 Å². The molecule has 4 nitrogen and oxygen atoms in total. The third-order valence-corrected chi connectivity index (χ3v) is 8.08. The van der Waals surface area contributed by atoms with Crippen molar-refractivity contribution in [1.82, 2.24) is 0 Å². The second-order valence-electron chi connectivity index (χ2n) is 9.71. The average molecular weight is 375 g/mol. The first kappa shape index (κ1) is 19.0. The van der Waals surface area contributed by atoms with Gasteiger partial charge in [0.2, 0.25) is 0 Å². The van der Waals surface area contributed by atoms with Gasteiger partial charge in [0.1, 0.15) is 12.2 Å². The minimum atomic E-state index is -0.478. The third-order valence-electron chi connectivity index (χ3n) is 8.08. The molecule has 0 aliphatic heterocycles. The molecule has 150 valence electrons. The SMILES string of the molecule is C=CC(=O)OCCC(=O)OC1(C2CCC(C)CC2)C2CC3CC(C2)CC1C3. The Balaban J connectivity index is 1.50. The highest BCUT2D eigenvalue weighted by molar-refractivity contribution is 5.81. The molecule has 5 aliphatic carbocycles. The number of carbonyl (C=O) groups is 2. The van der Waals surface area contributed by atoms with Gasteiger partial charge >= 0.3 is 11.9 Å². The van der Waals surface area contributed by atoms with Gasteiger partial charge in [-0.2, -0.15) is 0 Å². The first-order valence-electron chi connectivity index (χ1n) is 11.0. The van der Waals surface area contributed by atoms with E-state index in [1.165, 1.54) is 57.8 Å². The lowest BCUT2D eigenvalue weighted by Crippen LogP contribution is -2.63. The van der Waals surface area contributed by atoms with Crippen LogP contribution in [0.25, 0.3) is 0 Å². The van der Waals surface area contributed by atoms with Crippen LogP contribution in [0.1, 0.15) is 71.1 Å². The molecule has 5 fully saturated rings. The van der Waals surface area contributed by atoms with E-state index in [0.717, 1.165) is 23.8 Å². The van der Waals surface area contributed by atoms with Crippen LogP contribution >= 0.6 is 0 Å². The largest absolute Gasteiger partial charge is 0.462 e. The molecule has 0 spiro atoms. The fourth-order valence-corrected chi connectivity index (χ4v) is 7.09. The Labute approximate surface area is 163 Å². The van der Waals surface area contributed by atoms with Crippen molar-refractivity contribution in [3.63, 3.8) is 0 Å². The van der Waals surface area contributed by atoms with Gasteiger partial charge in [0, 0.05) is 6.08 Å². The Kier molecular flexibility index (Phi) is 5.35. The monoisotopic (exact) mass is 374 g/mol. The van der Waals surface area contributed by atoms with Crippen LogP contribution in [0, 0.1) is 35.5 Å². The summed E-state index contributed by atoms with van der Waals surface area (Å²) in [5.74, 6) is 3.46. The first-order valence-corrected chi connectivity index (χ1v) is 11.0. The van der Waals surface area contributed by atoms with Crippen LogP contribution in [0.15, 0.2) is 12.7 Å². The Hall–Kier alpha value is -1.32. The van der Waals surface area contributed by atoms with Crippen LogP contribution in [0.3, 0.4) is 0 Å². The van der Waals surface area contributed by atoms with Gasteiger partial charge in [-0.15, -0.1) is 0 Å². The predicted octanol–water partition coefficient (Wildman–Crippen LogP) is 4.67. The molecule has 0 atom stereocenters. The lowest BCUT2D eigenvalue weighted by atomic mass is 9.46. The van der Waals surface area contributed by atoms with Gasteiger partial charge in [-0.05, 0) is 80.5 Å². The van der Waals surface area contributed by atoms with Crippen molar-refractivity contribution in [2.24, 2.45) is 35.5 Å². The number of esters is 2. The van der Waals surface area contributed by atoms with Crippen LogP contribution in [-0.2, 0) is 19.1 Å². The number of carbonyl (C=O) groups excluding carboxylic acids is 2. The average Bonchev–Trinajstić information content (AvgIpc) is 2.64. The molecule has 5 saturated carbocycles. The molecule has 0 unspecified atom stereocenters. The highest BCUT2D eigenvalue weighted by atomic mass is 16.6. The van der Waals surface area contributed by atoms with Gasteiger partial charge in [-0.1, -0.05) is 26.3 Å². The predicted molar refractivity (Wildman–Crippen MR) is 103 cm³/mol. The lowest BCUT2D eigenvalue weighted by Gasteiger charge is -2.63. The summed E-state index contributed by atoms with van der Waals surface area (Å²) in [7, 11) is 0. The highest BCUT2D eigenvalue weighted by Gasteiger charge is 2.62. The zero-order valence-electron chi connectivity index (χ0n) is 16.7. The fourth-order valence-electron chi connectivity index (χ4n) is 7.09. The molecular weight excluding hydrogens is 340 g/mol. The molecular formula is C23H34O4. The van der Waals surface area contributed by atoms with Crippen LogP contribution in [0.5, 0.6) is 0 Å². The Morgan fingerprint density at radius 3 is 2.11 bits per heavy atom. The van der Waals surface area contributed by atoms with Crippen molar-refractivity contribution in [2.45, 2.75) is 76.7 Å². The smallest absolute Gasteiger partial charge is 0.330 e. The van der Waals surface area contributed by atoms with E-state index in [1.807, 2.05) is 0 Å². The molecule has 0 aromatic heterocycles.